The molecule has 0 aliphatic carbocycles. The third-order valence-electron chi connectivity index (χ3n) is 3.87. The van der Waals surface area contributed by atoms with Crippen molar-refractivity contribution in [3.63, 3.8) is 0 Å². The fourth-order valence-electron chi connectivity index (χ4n) is 2.93. The van der Waals surface area contributed by atoms with Crippen LogP contribution in [-0.4, -0.2) is 40.0 Å². The summed E-state index contributed by atoms with van der Waals surface area (Å²) in [7, 11) is 0. The van der Waals surface area contributed by atoms with Gasteiger partial charge in [0.2, 0.25) is 0 Å². The number of hydrogen-bond donors (Lipinski definition) is 4. The number of nitrogens with zero attached hydrogens (tertiary/aromatic N) is 1. The molecule has 0 fully saturated rings. The molecule has 1 amide bonds. The van der Waals surface area contributed by atoms with Crippen LogP contribution in [0.1, 0.15) is 70.3 Å². The molecule has 1 aromatic rings. The molecule has 0 saturated carbocycles. The predicted octanol–water partition coefficient (Wildman–Crippen LogP) is 3.29. The lowest BCUT2D eigenvalue weighted by atomic mass is 9.82. The monoisotopic (exact) mass is 376 g/mol. The minimum absolute atomic E-state index is 0.0676. The third-order valence-corrected chi connectivity index (χ3v) is 3.87. The molecule has 1 rings (SSSR count). The normalized spacial score (nSPS) is 11.6. The lowest BCUT2D eigenvalue weighted by molar-refractivity contribution is 0.0459. The van der Waals surface area contributed by atoms with Crippen molar-refractivity contribution in [3.8, 4) is 17.6 Å². The number of hydroxylamine groups is 1. The second-order valence-electron chi connectivity index (χ2n) is 7.99. The van der Waals surface area contributed by atoms with E-state index in [0.717, 1.165) is 11.5 Å². The van der Waals surface area contributed by atoms with Gasteiger partial charge in [-0.3, -0.25) is 15.1 Å². The first-order chi connectivity index (χ1) is 12.4. The molecule has 0 aromatic heterocycles. The summed E-state index contributed by atoms with van der Waals surface area (Å²) in [6.45, 7) is 11.7. The van der Waals surface area contributed by atoms with Crippen molar-refractivity contribution >= 4 is 11.6 Å². The molecule has 0 bridgehead atoms. The lowest BCUT2D eigenvalue weighted by Crippen LogP contribution is -2.27. The van der Waals surface area contributed by atoms with Gasteiger partial charge in [0.05, 0.1) is 11.2 Å². The first-order valence-corrected chi connectivity index (χ1v) is 9.27. The summed E-state index contributed by atoms with van der Waals surface area (Å²) < 4.78 is 0. The molecular weight excluding hydrogens is 344 g/mol. The quantitative estimate of drug-likeness (QED) is 0.433. The minimum Gasteiger partial charge on any atom is -0.505 e. The Morgan fingerprint density at radius 2 is 1.85 bits per heavy atom. The molecule has 0 spiro atoms. The van der Waals surface area contributed by atoms with Crippen LogP contribution in [0.2, 0.25) is 0 Å². The topological polar surface area (TPSA) is 93.0 Å². The highest BCUT2D eigenvalue weighted by Gasteiger charge is 2.25. The number of aliphatic hydroxyl groups is 1. The first-order valence-electron chi connectivity index (χ1n) is 9.27. The number of amides is 1. The zero-order chi connectivity index (χ0) is 20.8. The second kappa shape index (κ2) is 9.12. The highest BCUT2D eigenvalue weighted by molar-refractivity contribution is 5.99. The van der Waals surface area contributed by atoms with Gasteiger partial charge in [-0.2, -0.15) is 0 Å². The van der Waals surface area contributed by atoms with Crippen LogP contribution in [0, 0.1) is 17.3 Å². The Hall–Kier alpha value is -2.23. The smallest absolute Gasteiger partial charge is 0.255 e. The van der Waals surface area contributed by atoms with Gasteiger partial charge in [0.15, 0.2) is 5.75 Å². The summed E-state index contributed by atoms with van der Waals surface area (Å²) in [6.07, 6.45) is 1.24. The number of carbonyl (C=O) groups excluding carboxylic acids is 1. The van der Waals surface area contributed by atoms with Gasteiger partial charge in [0.25, 0.3) is 5.91 Å². The van der Waals surface area contributed by atoms with Gasteiger partial charge in [0, 0.05) is 24.1 Å². The Balaban J connectivity index is 3.36. The van der Waals surface area contributed by atoms with E-state index in [-0.39, 0.29) is 23.5 Å². The van der Waals surface area contributed by atoms with Crippen LogP contribution in [0.5, 0.6) is 5.75 Å². The summed E-state index contributed by atoms with van der Waals surface area (Å²) in [5.41, 5.74) is -0.608. The van der Waals surface area contributed by atoms with E-state index in [1.807, 2.05) is 20.8 Å². The van der Waals surface area contributed by atoms with Gasteiger partial charge in [-0.25, -0.2) is 0 Å². The van der Waals surface area contributed by atoms with Gasteiger partial charge in [-0.1, -0.05) is 18.8 Å². The maximum Gasteiger partial charge on any atom is 0.255 e. The van der Waals surface area contributed by atoms with E-state index in [4.69, 9.17) is 0 Å². The van der Waals surface area contributed by atoms with Gasteiger partial charge >= 0.3 is 0 Å². The van der Waals surface area contributed by atoms with Crippen molar-refractivity contribution in [1.29, 1.82) is 0 Å². The van der Waals surface area contributed by atoms with Crippen LogP contribution in [0.3, 0.4) is 0 Å². The summed E-state index contributed by atoms with van der Waals surface area (Å²) >= 11 is 0. The number of hydrogen-bond acceptors (Lipinski definition) is 5. The van der Waals surface area contributed by atoms with Crippen molar-refractivity contribution in [1.82, 2.24) is 5.32 Å². The molecule has 0 aliphatic rings. The van der Waals surface area contributed by atoms with Crippen molar-refractivity contribution < 1.29 is 20.2 Å². The van der Waals surface area contributed by atoms with E-state index in [1.165, 1.54) is 6.07 Å². The Bertz CT molecular complexity index is 724. The summed E-state index contributed by atoms with van der Waals surface area (Å²) in [5, 5.41) is 34.1. The highest BCUT2D eigenvalue weighted by Crippen LogP contribution is 2.32. The first kappa shape index (κ1) is 22.8. The van der Waals surface area contributed by atoms with E-state index < -0.39 is 16.9 Å². The van der Waals surface area contributed by atoms with Crippen molar-refractivity contribution in [2.24, 2.45) is 5.41 Å². The molecule has 0 unspecified atom stereocenters. The Kier molecular flexibility index (Phi) is 7.70. The molecule has 150 valence electrons. The molecular formula is C21H32N2O4. The molecule has 0 atom stereocenters. The third kappa shape index (κ3) is 7.12. The average Bonchev–Trinajstić information content (AvgIpc) is 2.55. The van der Waals surface area contributed by atoms with Crippen LogP contribution in [0.25, 0.3) is 0 Å². The number of phenolic OH excluding ortho intramolecular Hbond substituents is 1. The molecule has 27 heavy (non-hydrogen) atoms. The number of nitrogens with one attached hydrogen (secondary N) is 1. The molecule has 0 radical (unpaired) electrons. The highest BCUT2D eigenvalue weighted by atomic mass is 16.5. The molecule has 6 nitrogen and oxygen atoms in total. The fourth-order valence-corrected chi connectivity index (χ4v) is 2.93. The van der Waals surface area contributed by atoms with E-state index in [9.17, 15) is 20.2 Å². The fraction of sp³-hybridized carbons (Fsp3) is 0.571. The van der Waals surface area contributed by atoms with Crippen LogP contribution >= 0.6 is 0 Å². The number of rotatable bonds is 7. The summed E-state index contributed by atoms with van der Waals surface area (Å²) in [5.74, 6) is 5.44. The van der Waals surface area contributed by atoms with E-state index in [1.54, 1.807) is 26.8 Å². The zero-order valence-electron chi connectivity index (χ0n) is 17.2. The number of aromatic hydroxyl groups is 1. The maximum atomic E-state index is 12.4. The molecule has 1 aromatic carbocycles. The Morgan fingerprint density at radius 3 is 2.37 bits per heavy atom. The molecule has 0 heterocycles. The second-order valence-corrected chi connectivity index (χ2v) is 7.99. The van der Waals surface area contributed by atoms with Crippen LogP contribution in [0.15, 0.2) is 12.1 Å². The largest absolute Gasteiger partial charge is 0.505 e. The van der Waals surface area contributed by atoms with E-state index >= 15 is 0 Å². The zero-order valence-corrected chi connectivity index (χ0v) is 17.2. The number of phenols is 1. The SMILES string of the molecule is CCCNC(=O)c1cc(C#CC(C)(C)CC(C)(C)O)cc(N(O)CC)c1O. The summed E-state index contributed by atoms with van der Waals surface area (Å²) in [6, 6.07) is 3.06. The van der Waals surface area contributed by atoms with Gasteiger partial charge in [0.1, 0.15) is 5.69 Å². The average molecular weight is 376 g/mol. The molecule has 0 saturated heterocycles. The van der Waals surface area contributed by atoms with Crippen LogP contribution in [0.4, 0.5) is 5.69 Å². The van der Waals surface area contributed by atoms with Crippen molar-refractivity contribution in [3.05, 3.63) is 23.3 Å². The lowest BCUT2D eigenvalue weighted by Gasteiger charge is -2.26. The van der Waals surface area contributed by atoms with Gasteiger partial charge in [-0.05, 0) is 59.6 Å². The number of benzene rings is 1. The number of carbonyl (C=O) groups is 1. The van der Waals surface area contributed by atoms with Crippen molar-refractivity contribution in [2.45, 2.75) is 60.0 Å². The van der Waals surface area contributed by atoms with Crippen LogP contribution in [-0.2, 0) is 0 Å². The standard InChI is InChI=1S/C21H32N2O4/c1-7-11-22-19(25)16-12-15(13-17(18(16)24)23(27)8-2)9-10-20(3,4)14-21(5,6)26/h12-13,24,26-27H,7-8,11,14H2,1-6H3,(H,22,25). The maximum absolute atomic E-state index is 12.4. The number of anilines is 1. The Labute approximate surface area is 162 Å². The van der Waals surface area contributed by atoms with Gasteiger partial charge < -0.3 is 15.5 Å². The minimum atomic E-state index is -0.854. The van der Waals surface area contributed by atoms with Gasteiger partial charge in [-0.15, -0.1) is 0 Å². The van der Waals surface area contributed by atoms with Crippen LogP contribution < -0.4 is 10.4 Å². The predicted molar refractivity (Wildman–Crippen MR) is 107 cm³/mol. The van der Waals surface area contributed by atoms with Crippen molar-refractivity contribution in [2.75, 3.05) is 18.2 Å². The van der Waals surface area contributed by atoms with E-state index in [2.05, 4.69) is 17.2 Å². The molecule has 6 heteroatoms. The molecule has 0 aliphatic heterocycles. The van der Waals surface area contributed by atoms with E-state index in [0.29, 0.717) is 18.5 Å². The Morgan fingerprint density at radius 1 is 1.22 bits per heavy atom. The summed E-state index contributed by atoms with van der Waals surface area (Å²) in [4.78, 5) is 12.4. The molecule has 4 N–H and O–H groups in total.